The molecule has 7 heteroatoms. The molecular formula is C11H7BrClN5. The SMILES string of the molecule is Nc1nc(-c2ccc(Cl)cc2)c(Br)c2nncn12. The number of fused-ring (bicyclic) bond motifs is 1. The summed E-state index contributed by atoms with van der Waals surface area (Å²) < 4.78 is 2.36. The predicted molar refractivity (Wildman–Crippen MR) is 73.3 cm³/mol. The van der Waals surface area contributed by atoms with Gasteiger partial charge in [-0.15, -0.1) is 10.2 Å². The summed E-state index contributed by atoms with van der Waals surface area (Å²) in [4.78, 5) is 4.34. The normalized spacial score (nSPS) is 11.0. The van der Waals surface area contributed by atoms with Gasteiger partial charge in [0.25, 0.3) is 0 Å². The van der Waals surface area contributed by atoms with Gasteiger partial charge in [0.1, 0.15) is 6.33 Å². The lowest BCUT2D eigenvalue weighted by atomic mass is 10.1. The summed E-state index contributed by atoms with van der Waals surface area (Å²) >= 11 is 9.34. The van der Waals surface area contributed by atoms with E-state index < -0.39 is 0 Å². The highest BCUT2D eigenvalue weighted by atomic mass is 79.9. The third-order valence-corrected chi connectivity index (χ3v) is 3.52. The molecule has 2 aromatic heterocycles. The second kappa shape index (κ2) is 4.22. The molecular weight excluding hydrogens is 318 g/mol. The van der Waals surface area contributed by atoms with Gasteiger partial charge in [-0.2, -0.15) is 0 Å². The van der Waals surface area contributed by atoms with E-state index in [9.17, 15) is 0 Å². The monoisotopic (exact) mass is 323 g/mol. The highest BCUT2D eigenvalue weighted by Crippen LogP contribution is 2.30. The predicted octanol–water partition coefficient (Wildman–Crippen LogP) is 2.79. The van der Waals surface area contributed by atoms with Crippen LogP contribution in [0.25, 0.3) is 16.9 Å². The number of aromatic nitrogens is 4. The van der Waals surface area contributed by atoms with E-state index in [1.54, 1.807) is 16.5 Å². The highest BCUT2D eigenvalue weighted by Gasteiger charge is 2.13. The van der Waals surface area contributed by atoms with Crippen molar-refractivity contribution in [1.29, 1.82) is 0 Å². The zero-order chi connectivity index (χ0) is 12.7. The molecule has 0 aliphatic carbocycles. The van der Waals surface area contributed by atoms with E-state index in [1.807, 2.05) is 12.1 Å². The number of anilines is 1. The number of rotatable bonds is 1. The van der Waals surface area contributed by atoms with Crippen LogP contribution in [0.4, 0.5) is 5.95 Å². The van der Waals surface area contributed by atoms with Crippen molar-refractivity contribution in [2.75, 3.05) is 5.73 Å². The van der Waals surface area contributed by atoms with Gasteiger partial charge < -0.3 is 5.73 Å². The number of benzene rings is 1. The Hall–Kier alpha value is -1.66. The van der Waals surface area contributed by atoms with Crippen LogP contribution in [0, 0.1) is 0 Å². The summed E-state index contributed by atoms with van der Waals surface area (Å²) in [6, 6.07) is 7.36. The van der Waals surface area contributed by atoms with Crippen LogP contribution in [0.15, 0.2) is 35.1 Å². The second-order valence-electron chi connectivity index (χ2n) is 3.66. The molecule has 0 saturated carbocycles. The highest BCUT2D eigenvalue weighted by molar-refractivity contribution is 9.10. The Morgan fingerprint density at radius 2 is 1.94 bits per heavy atom. The van der Waals surface area contributed by atoms with Gasteiger partial charge in [-0.25, -0.2) is 4.98 Å². The fourth-order valence-electron chi connectivity index (χ4n) is 1.67. The van der Waals surface area contributed by atoms with Crippen molar-refractivity contribution in [2.24, 2.45) is 0 Å². The number of nitrogen functional groups attached to an aromatic ring is 1. The number of hydrogen-bond acceptors (Lipinski definition) is 4. The first kappa shape index (κ1) is 11.4. The first-order valence-electron chi connectivity index (χ1n) is 5.07. The smallest absolute Gasteiger partial charge is 0.207 e. The van der Waals surface area contributed by atoms with Crippen molar-refractivity contribution in [1.82, 2.24) is 19.6 Å². The summed E-state index contributed by atoms with van der Waals surface area (Å²) in [5, 5.41) is 8.49. The maximum absolute atomic E-state index is 5.86. The fraction of sp³-hybridized carbons (Fsp3) is 0. The molecule has 0 spiro atoms. The van der Waals surface area contributed by atoms with Gasteiger partial charge in [0.15, 0.2) is 5.65 Å². The molecule has 0 saturated heterocycles. The Morgan fingerprint density at radius 3 is 2.67 bits per heavy atom. The summed E-state index contributed by atoms with van der Waals surface area (Å²) in [5.74, 6) is 0.336. The minimum absolute atomic E-state index is 0.336. The maximum Gasteiger partial charge on any atom is 0.207 e. The average molecular weight is 325 g/mol. The topological polar surface area (TPSA) is 69.1 Å². The molecule has 0 radical (unpaired) electrons. The quantitative estimate of drug-likeness (QED) is 0.747. The van der Waals surface area contributed by atoms with E-state index in [4.69, 9.17) is 17.3 Å². The summed E-state index contributed by atoms with van der Waals surface area (Å²) in [7, 11) is 0. The van der Waals surface area contributed by atoms with Crippen molar-refractivity contribution >= 4 is 39.1 Å². The van der Waals surface area contributed by atoms with Crippen LogP contribution in [0.5, 0.6) is 0 Å². The molecule has 0 unspecified atom stereocenters. The molecule has 0 fully saturated rings. The average Bonchev–Trinajstić information content (AvgIpc) is 2.85. The number of nitrogens with zero attached hydrogens (tertiary/aromatic N) is 4. The fourth-order valence-corrected chi connectivity index (χ4v) is 2.39. The van der Waals surface area contributed by atoms with E-state index in [-0.39, 0.29) is 0 Å². The van der Waals surface area contributed by atoms with Gasteiger partial charge >= 0.3 is 0 Å². The lowest BCUT2D eigenvalue weighted by Crippen LogP contribution is -2.02. The summed E-state index contributed by atoms with van der Waals surface area (Å²) in [6.07, 6.45) is 1.52. The van der Waals surface area contributed by atoms with Gasteiger partial charge in [0, 0.05) is 10.6 Å². The molecule has 0 atom stereocenters. The van der Waals surface area contributed by atoms with E-state index in [2.05, 4.69) is 31.1 Å². The van der Waals surface area contributed by atoms with Crippen molar-refractivity contribution < 1.29 is 0 Å². The number of nitrogens with two attached hydrogens (primary N) is 1. The van der Waals surface area contributed by atoms with E-state index >= 15 is 0 Å². The Morgan fingerprint density at radius 1 is 1.22 bits per heavy atom. The van der Waals surface area contributed by atoms with Crippen LogP contribution in [-0.4, -0.2) is 19.6 Å². The minimum atomic E-state index is 0.336. The molecule has 18 heavy (non-hydrogen) atoms. The number of halogens is 2. The summed E-state index contributed by atoms with van der Waals surface area (Å²) in [5.41, 5.74) is 8.11. The van der Waals surface area contributed by atoms with Crippen LogP contribution in [0.3, 0.4) is 0 Å². The Bertz CT molecular complexity index is 722. The van der Waals surface area contributed by atoms with Gasteiger partial charge in [-0.1, -0.05) is 23.7 Å². The molecule has 1 aromatic carbocycles. The van der Waals surface area contributed by atoms with Crippen molar-refractivity contribution in [3.8, 4) is 11.3 Å². The summed E-state index contributed by atoms with van der Waals surface area (Å²) in [6.45, 7) is 0. The van der Waals surface area contributed by atoms with Crippen LogP contribution in [-0.2, 0) is 0 Å². The molecule has 2 heterocycles. The van der Waals surface area contributed by atoms with Gasteiger partial charge in [-0.3, -0.25) is 4.40 Å². The Balaban J connectivity index is 2.29. The number of hydrogen-bond donors (Lipinski definition) is 1. The lowest BCUT2D eigenvalue weighted by Gasteiger charge is -2.07. The Kier molecular flexibility index (Phi) is 2.68. The molecule has 0 aliphatic heterocycles. The van der Waals surface area contributed by atoms with Crippen molar-refractivity contribution in [3.05, 3.63) is 40.1 Å². The van der Waals surface area contributed by atoms with Gasteiger partial charge in [-0.05, 0) is 28.1 Å². The molecule has 3 rings (SSSR count). The standard InChI is InChI=1S/C11H7BrClN5/c12-8-9(6-1-3-7(13)4-2-6)16-11(14)18-5-15-17-10(8)18/h1-5H,(H2,14,16). The molecule has 2 N–H and O–H groups in total. The molecule has 0 bridgehead atoms. The zero-order valence-corrected chi connectivity index (χ0v) is 11.4. The second-order valence-corrected chi connectivity index (χ2v) is 4.89. The van der Waals surface area contributed by atoms with E-state index in [0.29, 0.717) is 22.3 Å². The first-order chi connectivity index (χ1) is 8.66. The minimum Gasteiger partial charge on any atom is -0.369 e. The third kappa shape index (κ3) is 1.74. The zero-order valence-electron chi connectivity index (χ0n) is 9.01. The maximum atomic E-state index is 5.86. The molecule has 3 aromatic rings. The van der Waals surface area contributed by atoms with Crippen molar-refractivity contribution in [3.63, 3.8) is 0 Å². The van der Waals surface area contributed by atoms with E-state index in [1.165, 1.54) is 6.33 Å². The lowest BCUT2D eigenvalue weighted by molar-refractivity contribution is 1.08. The van der Waals surface area contributed by atoms with Crippen LogP contribution in [0.1, 0.15) is 0 Å². The van der Waals surface area contributed by atoms with Crippen LogP contribution in [0.2, 0.25) is 5.02 Å². The van der Waals surface area contributed by atoms with Gasteiger partial charge in [0.2, 0.25) is 5.95 Å². The third-order valence-electron chi connectivity index (χ3n) is 2.54. The molecule has 5 nitrogen and oxygen atoms in total. The largest absolute Gasteiger partial charge is 0.369 e. The molecule has 90 valence electrons. The molecule has 0 amide bonds. The first-order valence-corrected chi connectivity index (χ1v) is 6.24. The van der Waals surface area contributed by atoms with E-state index in [0.717, 1.165) is 10.0 Å². The Labute approximate surface area is 116 Å². The van der Waals surface area contributed by atoms with Gasteiger partial charge in [0.05, 0.1) is 10.2 Å². The van der Waals surface area contributed by atoms with Crippen LogP contribution < -0.4 is 5.73 Å². The molecule has 0 aliphatic rings. The van der Waals surface area contributed by atoms with Crippen molar-refractivity contribution in [2.45, 2.75) is 0 Å². The van der Waals surface area contributed by atoms with Crippen LogP contribution >= 0.6 is 27.5 Å².